The van der Waals surface area contributed by atoms with Crippen LogP contribution in [0.3, 0.4) is 0 Å². The summed E-state index contributed by atoms with van der Waals surface area (Å²) in [4.78, 5) is 12.2. The summed E-state index contributed by atoms with van der Waals surface area (Å²) >= 11 is 0. The molecule has 0 spiro atoms. The molecule has 0 heterocycles. The van der Waals surface area contributed by atoms with Crippen molar-refractivity contribution >= 4 is 5.91 Å². The summed E-state index contributed by atoms with van der Waals surface area (Å²) in [5.74, 6) is 0.491. The lowest BCUT2D eigenvalue weighted by molar-refractivity contribution is -0.126. The van der Waals surface area contributed by atoms with Crippen LogP contribution in [0.2, 0.25) is 0 Å². The molecule has 0 saturated carbocycles. The molecule has 0 aliphatic rings. The average Bonchev–Trinajstić information content (AvgIpc) is 2.36. The number of amides is 1. The molecule has 2 atom stereocenters. The lowest BCUT2D eigenvalue weighted by Crippen LogP contribution is -2.36. The van der Waals surface area contributed by atoms with Crippen molar-refractivity contribution in [3.8, 4) is 0 Å². The number of rotatable bonds is 7. The van der Waals surface area contributed by atoms with Crippen LogP contribution in [-0.2, 0) is 11.2 Å². The molecule has 3 nitrogen and oxygen atoms in total. The number of carbonyl (C=O) groups excluding carboxylic acids is 1. The Labute approximate surface area is 116 Å². The van der Waals surface area contributed by atoms with Crippen molar-refractivity contribution in [3.63, 3.8) is 0 Å². The van der Waals surface area contributed by atoms with Crippen LogP contribution in [-0.4, -0.2) is 18.5 Å². The summed E-state index contributed by atoms with van der Waals surface area (Å²) in [6.07, 6.45) is 1.62. The van der Waals surface area contributed by atoms with Gasteiger partial charge < -0.3 is 11.1 Å². The molecule has 0 radical (unpaired) electrons. The fraction of sp³-hybridized carbons (Fsp3) is 0.562. The first kappa shape index (κ1) is 15.7. The third kappa shape index (κ3) is 5.88. The maximum Gasteiger partial charge on any atom is 0.223 e. The summed E-state index contributed by atoms with van der Waals surface area (Å²) < 4.78 is 0. The van der Waals surface area contributed by atoms with E-state index in [1.807, 2.05) is 25.1 Å². The first-order chi connectivity index (χ1) is 9.00. The highest BCUT2D eigenvalue weighted by atomic mass is 16.1. The molecule has 0 bridgehead atoms. The van der Waals surface area contributed by atoms with Crippen molar-refractivity contribution in [2.45, 2.75) is 39.7 Å². The van der Waals surface area contributed by atoms with Gasteiger partial charge in [0.15, 0.2) is 0 Å². The van der Waals surface area contributed by atoms with Gasteiger partial charge in [0.05, 0.1) is 0 Å². The Morgan fingerprint density at radius 3 is 2.37 bits per heavy atom. The highest BCUT2D eigenvalue weighted by Crippen LogP contribution is 2.17. The molecule has 0 saturated heterocycles. The molecule has 0 aliphatic carbocycles. The predicted molar refractivity (Wildman–Crippen MR) is 79.8 cm³/mol. The van der Waals surface area contributed by atoms with Crippen LogP contribution in [0.1, 0.15) is 32.8 Å². The van der Waals surface area contributed by atoms with Crippen LogP contribution in [0.4, 0.5) is 0 Å². The van der Waals surface area contributed by atoms with Crippen LogP contribution in [0.5, 0.6) is 0 Å². The number of hydrogen-bond acceptors (Lipinski definition) is 2. The normalized spacial score (nSPS) is 14.2. The Bertz CT molecular complexity index is 374. The van der Waals surface area contributed by atoms with Crippen molar-refractivity contribution < 1.29 is 4.79 Å². The standard InChI is InChI=1S/C16H26N2O/c1-12(2)15(11-14-7-5-4-6-8-14)16(19)18-10-9-13(3)17/h4-8,12-13,15H,9-11,17H2,1-3H3,(H,18,19). The van der Waals surface area contributed by atoms with Crippen molar-refractivity contribution in [2.75, 3.05) is 6.54 Å². The lowest BCUT2D eigenvalue weighted by atomic mass is 9.88. The number of hydrogen-bond donors (Lipinski definition) is 2. The lowest BCUT2D eigenvalue weighted by Gasteiger charge is -2.20. The topological polar surface area (TPSA) is 55.1 Å². The van der Waals surface area contributed by atoms with Crippen molar-refractivity contribution in [1.82, 2.24) is 5.32 Å². The Kier molecular flexibility index (Phi) is 6.57. The zero-order valence-electron chi connectivity index (χ0n) is 12.2. The predicted octanol–water partition coefficient (Wildman–Crippen LogP) is 2.35. The number of benzene rings is 1. The maximum atomic E-state index is 12.2. The molecule has 19 heavy (non-hydrogen) atoms. The van der Waals surface area contributed by atoms with Gasteiger partial charge in [0.1, 0.15) is 0 Å². The smallest absolute Gasteiger partial charge is 0.223 e. The van der Waals surface area contributed by atoms with Gasteiger partial charge in [-0.25, -0.2) is 0 Å². The molecular formula is C16H26N2O. The van der Waals surface area contributed by atoms with E-state index in [1.54, 1.807) is 0 Å². The number of carbonyl (C=O) groups is 1. The van der Waals surface area contributed by atoms with E-state index in [4.69, 9.17) is 5.73 Å². The molecule has 106 valence electrons. The first-order valence-corrected chi connectivity index (χ1v) is 7.08. The van der Waals surface area contributed by atoms with E-state index in [-0.39, 0.29) is 17.9 Å². The highest BCUT2D eigenvalue weighted by molar-refractivity contribution is 5.79. The molecule has 2 unspecified atom stereocenters. The second-order valence-electron chi connectivity index (χ2n) is 5.60. The molecule has 0 aromatic heterocycles. The van der Waals surface area contributed by atoms with Crippen molar-refractivity contribution in [2.24, 2.45) is 17.6 Å². The van der Waals surface area contributed by atoms with Gasteiger partial charge in [-0.15, -0.1) is 0 Å². The van der Waals surface area contributed by atoms with Crippen LogP contribution in [0.25, 0.3) is 0 Å². The summed E-state index contributed by atoms with van der Waals surface area (Å²) in [6, 6.07) is 10.3. The van der Waals surface area contributed by atoms with Gasteiger partial charge in [-0.3, -0.25) is 4.79 Å². The van der Waals surface area contributed by atoms with Crippen LogP contribution in [0, 0.1) is 11.8 Å². The van der Waals surface area contributed by atoms with E-state index < -0.39 is 0 Å². The van der Waals surface area contributed by atoms with Gasteiger partial charge in [-0.1, -0.05) is 44.2 Å². The quantitative estimate of drug-likeness (QED) is 0.792. The number of nitrogens with two attached hydrogens (primary N) is 1. The third-order valence-corrected chi connectivity index (χ3v) is 3.34. The monoisotopic (exact) mass is 262 g/mol. The Morgan fingerprint density at radius 1 is 1.21 bits per heavy atom. The van der Waals surface area contributed by atoms with E-state index >= 15 is 0 Å². The van der Waals surface area contributed by atoms with Crippen molar-refractivity contribution in [1.29, 1.82) is 0 Å². The summed E-state index contributed by atoms with van der Waals surface area (Å²) in [6.45, 7) is 6.81. The van der Waals surface area contributed by atoms with E-state index in [1.165, 1.54) is 5.56 Å². The van der Waals surface area contributed by atoms with Gasteiger partial charge in [-0.2, -0.15) is 0 Å². The van der Waals surface area contributed by atoms with Gasteiger partial charge >= 0.3 is 0 Å². The SMILES string of the molecule is CC(N)CCNC(=O)C(Cc1ccccc1)C(C)C. The minimum atomic E-state index is 0.0236. The summed E-state index contributed by atoms with van der Waals surface area (Å²) in [5.41, 5.74) is 6.90. The molecule has 3 heteroatoms. The first-order valence-electron chi connectivity index (χ1n) is 7.08. The molecule has 1 aromatic rings. The summed E-state index contributed by atoms with van der Waals surface area (Å²) in [7, 11) is 0. The Hall–Kier alpha value is -1.35. The largest absolute Gasteiger partial charge is 0.356 e. The minimum Gasteiger partial charge on any atom is -0.356 e. The van der Waals surface area contributed by atoms with Crippen molar-refractivity contribution in [3.05, 3.63) is 35.9 Å². The molecule has 0 fully saturated rings. The molecule has 1 rings (SSSR count). The second kappa shape index (κ2) is 7.95. The van der Waals surface area contributed by atoms with Crippen LogP contribution in [0.15, 0.2) is 30.3 Å². The molecule has 0 aliphatic heterocycles. The third-order valence-electron chi connectivity index (χ3n) is 3.34. The maximum absolute atomic E-state index is 12.2. The van der Waals surface area contributed by atoms with Crippen LogP contribution >= 0.6 is 0 Å². The van der Waals surface area contributed by atoms with Gasteiger partial charge in [0.25, 0.3) is 0 Å². The van der Waals surface area contributed by atoms with Gasteiger partial charge in [0, 0.05) is 18.5 Å². The number of nitrogens with one attached hydrogen (secondary N) is 1. The van der Waals surface area contributed by atoms with E-state index in [9.17, 15) is 4.79 Å². The second-order valence-corrected chi connectivity index (χ2v) is 5.60. The van der Waals surface area contributed by atoms with Gasteiger partial charge in [-0.05, 0) is 31.2 Å². The highest BCUT2D eigenvalue weighted by Gasteiger charge is 2.22. The minimum absolute atomic E-state index is 0.0236. The average molecular weight is 262 g/mol. The van der Waals surface area contributed by atoms with E-state index in [0.29, 0.717) is 12.5 Å². The molecule has 1 aromatic carbocycles. The zero-order valence-corrected chi connectivity index (χ0v) is 12.2. The Balaban J connectivity index is 2.55. The fourth-order valence-corrected chi connectivity index (χ4v) is 2.05. The molecular weight excluding hydrogens is 236 g/mol. The van der Waals surface area contributed by atoms with Gasteiger partial charge in [0.2, 0.25) is 5.91 Å². The summed E-state index contributed by atoms with van der Waals surface area (Å²) in [5, 5.41) is 3.00. The Morgan fingerprint density at radius 2 is 1.84 bits per heavy atom. The molecule has 3 N–H and O–H groups in total. The van der Waals surface area contributed by atoms with E-state index in [0.717, 1.165) is 12.8 Å². The fourth-order valence-electron chi connectivity index (χ4n) is 2.05. The van der Waals surface area contributed by atoms with Crippen LogP contribution < -0.4 is 11.1 Å². The van der Waals surface area contributed by atoms with E-state index in [2.05, 4.69) is 31.3 Å². The molecule has 1 amide bonds. The zero-order chi connectivity index (χ0) is 14.3.